The van der Waals surface area contributed by atoms with Gasteiger partial charge in [-0.25, -0.2) is 10.0 Å². The molecule has 9 heavy (non-hydrogen) atoms. The second-order valence-corrected chi connectivity index (χ2v) is 2.58. The highest BCUT2D eigenvalue weighted by molar-refractivity contribution is 4.71. The third-order valence-corrected chi connectivity index (χ3v) is 1.71. The summed E-state index contributed by atoms with van der Waals surface area (Å²) in [5, 5.41) is 3.62. The number of nitrogens with zero attached hydrogens (tertiary/aromatic N) is 2. The van der Waals surface area contributed by atoms with Crippen LogP contribution in [-0.4, -0.2) is 35.7 Å². The molecule has 1 unspecified atom stereocenters. The first-order chi connectivity index (χ1) is 4.20. The summed E-state index contributed by atoms with van der Waals surface area (Å²) in [5.41, 5.74) is 0. The zero-order valence-corrected chi connectivity index (χ0v) is 5.75. The zero-order valence-electron chi connectivity index (χ0n) is 5.75. The van der Waals surface area contributed by atoms with E-state index in [9.17, 15) is 0 Å². The third-order valence-electron chi connectivity index (χ3n) is 1.71. The first kappa shape index (κ1) is 6.95. The summed E-state index contributed by atoms with van der Waals surface area (Å²) in [6.45, 7) is 4.69. The summed E-state index contributed by atoms with van der Waals surface area (Å²) in [6.07, 6.45) is 0. The number of hydrogen-bond acceptors (Lipinski definition) is 4. The molecule has 0 spiro atoms. The number of nitrogens with two attached hydrogens (primary N) is 2. The summed E-state index contributed by atoms with van der Waals surface area (Å²) in [7, 11) is 0. The minimum atomic E-state index is 0.392. The molecule has 54 valence electrons. The van der Waals surface area contributed by atoms with Gasteiger partial charge in [0.15, 0.2) is 0 Å². The van der Waals surface area contributed by atoms with Gasteiger partial charge in [-0.3, -0.25) is 11.7 Å². The van der Waals surface area contributed by atoms with E-state index in [4.69, 9.17) is 11.7 Å². The Morgan fingerprint density at radius 3 is 2.44 bits per heavy atom. The molecule has 0 aliphatic carbocycles. The standard InChI is InChI=1S/C5H14N4/c1-5-4-8(6)2-3-9(5)7/h5H,2-4,6-7H2,1H3. The number of piperazine rings is 1. The third kappa shape index (κ3) is 1.62. The summed E-state index contributed by atoms with van der Waals surface area (Å²) < 4.78 is 0. The van der Waals surface area contributed by atoms with Gasteiger partial charge in [0.05, 0.1) is 0 Å². The fraction of sp³-hybridized carbons (Fsp3) is 1.00. The molecular weight excluding hydrogens is 116 g/mol. The largest absolute Gasteiger partial charge is 0.269 e. The van der Waals surface area contributed by atoms with Crippen molar-refractivity contribution in [3.05, 3.63) is 0 Å². The molecule has 1 fully saturated rings. The molecule has 0 aromatic heterocycles. The molecule has 1 aliphatic rings. The van der Waals surface area contributed by atoms with Gasteiger partial charge in [-0.2, -0.15) is 0 Å². The van der Waals surface area contributed by atoms with E-state index in [-0.39, 0.29) is 0 Å². The van der Waals surface area contributed by atoms with Gasteiger partial charge in [0.1, 0.15) is 0 Å². The molecule has 0 bridgehead atoms. The fourth-order valence-electron chi connectivity index (χ4n) is 1.000. The number of rotatable bonds is 0. The van der Waals surface area contributed by atoms with Crippen molar-refractivity contribution in [1.29, 1.82) is 0 Å². The molecule has 1 heterocycles. The van der Waals surface area contributed by atoms with Crippen LogP contribution in [0.4, 0.5) is 0 Å². The SMILES string of the molecule is CC1CN(N)CCN1N. The predicted molar refractivity (Wildman–Crippen MR) is 36.1 cm³/mol. The first-order valence-electron chi connectivity index (χ1n) is 3.21. The quantitative estimate of drug-likeness (QED) is 0.402. The summed E-state index contributed by atoms with van der Waals surface area (Å²) >= 11 is 0. The smallest absolute Gasteiger partial charge is 0.0354 e. The van der Waals surface area contributed by atoms with Crippen LogP contribution in [0.5, 0.6) is 0 Å². The van der Waals surface area contributed by atoms with Gasteiger partial charge >= 0.3 is 0 Å². The van der Waals surface area contributed by atoms with Crippen molar-refractivity contribution in [2.75, 3.05) is 19.6 Å². The van der Waals surface area contributed by atoms with Gasteiger partial charge in [0.25, 0.3) is 0 Å². The van der Waals surface area contributed by atoms with Gasteiger partial charge in [-0.1, -0.05) is 0 Å². The van der Waals surface area contributed by atoms with Crippen LogP contribution < -0.4 is 11.7 Å². The Balaban J connectivity index is 2.35. The summed E-state index contributed by atoms with van der Waals surface area (Å²) in [6, 6.07) is 0.392. The van der Waals surface area contributed by atoms with Crippen LogP contribution >= 0.6 is 0 Å². The Morgan fingerprint density at radius 2 is 2.00 bits per heavy atom. The van der Waals surface area contributed by atoms with Gasteiger partial charge in [0, 0.05) is 25.7 Å². The van der Waals surface area contributed by atoms with E-state index < -0.39 is 0 Å². The summed E-state index contributed by atoms with van der Waals surface area (Å²) in [4.78, 5) is 0. The van der Waals surface area contributed by atoms with Crippen molar-refractivity contribution >= 4 is 0 Å². The highest BCUT2D eigenvalue weighted by atomic mass is 15.5. The lowest BCUT2D eigenvalue weighted by Gasteiger charge is -2.34. The van der Waals surface area contributed by atoms with E-state index in [2.05, 4.69) is 6.92 Å². The van der Waals surface area contributed by atoms with Crippen LogP contribution in [-0.2, 0) is 0 Å². The van der Waals surface area contributed by atoms with E-state index in [0.717, 1.165) is 19.6 Å². The van der Waals surface area contributed by atoms with Crippen molar-refractivity contribution in [3.8, 4) is 0 Å². The van der Waals surface area contributed by atoms with Crippen LogP contribution in [0.1, 0.15) is 6.92 Å². The normalized spacial score (nSPS) is 33.0. The van der Waals surface area contributed by atoms with E-state index in [1.165, 1.54) is 0 Å². The van der Waals surface area contributed by atoms with E-state index in [0.29, 0.717) is 6.04 Å². The van der Waals surface area contributed by atoms with Crippen LogP contribution in [0.15, 0.2) is 0 Å². The molecule has 0 aromatic carbocycles. The minimum Gasteiger partial charge on any atom is -0.269 e. The van der Waals surface area contributed by atoms with Crippen LogP contribution in [0.2, 0.25) is 0 Å². The molecule has 1 atom stereocenters. The molecular formula is C5H14N4. The predicted octanol–water partition coefficient (Wildman–Crippen LogP) is -1.26. The maximum Gasteiger partial charge on any atom is 0.0354 e. The molecule has 1 rings (SSSR count). The Morgan fingerprint density at radius 1 is 1.33 bits per heavy atom. The minimum absolute atomic E-state index is 0.392. The van der Waals surface area contributed by atoms with Crippen LogP contribution in [0, 0.1) is 0 Å². The van der Waals surface area contributed by atoms with Crippen molar-refractivity contribution in [3.63, 3.8) is 0 Å². The second kappa shape index (κ2) is 2.62. The lowest BCUT2D eigenvalue weighted by atomic mass is 10.2. The lowest BCUT2D eigenvalue weighted by Crippen LogP contribution is -2.56. The summed E-state index contributed by atoms with van der Waals surface area (Å²) in [5.74, 6) is 11.1. The fourth-order valence-corrected chi connectivity index (χ4v) is 1.000. The lowest BCUT2D eigenvalue weighted by molar-refractivity contribution is 0.0845. The van der Waals surface area contributed by atoms with E-state index >= 15 is 0 Å². The van der Waals surface area contributed by atoms with E-state index in [1.807, 2.05) is 5.01 Å². The van der Waals surface area contributed by atoms with Crippen molar-refractivity contribution in [2.45, 2.75) is 13.0 Å². The highest BCUT2D eigenvalue weighted by Crippen LogP contribution is 1.99. The Kier molecular flexibility index (Phi) is 2.02. The Hall–Kier alpha value is -0.160. The van der Waals surface area contributed by atoms with Crippen LogP contribution in [0.25, 0.3) is 0 Å². The molecule has 1 saturated heterocycles. The maximum absolute atomic E-state index is 5.59. The number of hydrazine groups is 2. The monoisotopic (exact) mass is 130 g/mol. The molecule has 0 aromatic rings. The van der Waals surface area contributed by atoms with Gasteiger partial charge in [-0.05, 0) is 6.92 Å². The molecule has 0 amide bonds. The molecule has 0 saturated carbocycles. The van der Waals surface area contributed by atoms with Crippen molar-refractivity contribution in [2.24, 2.45) is 11.7 Å². The molecule has 0 radical (unpaired) electrons. The maximum atomic E-state index is 5.59. The van der Waals surface area contributed by atoms with Crippen molar-refractivity contribution in [1.82, 2.24) is 10.0 Å². The Bertz CT molecular complexity index is 95.0. The van der Waals surface area contributed by atoms with E-state index in [1.54, 1.807) is 5.01 Å². The van der Waals surface area contributed by atoms with Gasteiger partial charge in [0.2, 0.25) is 0 Å². The topological polar surface area (TPSA) is 58.5 Å². The highest BCUT2D eigenvalue weighted by Gasteiger charge is 2.17. The van der Waals surface area contributed by atoms with Gasteiger partial charge < -0.3 is 0 Å². The molecule has 4 N–H and O–H groups in total. The molecule has 4 nitrogen and oxygen atoms in total. The average Bonchev–Trinajstić information content (AvgIpc) is 1.80. The Labute approximate surface area is 55.3 Å². The second-order valence-electron chi connectivity index (χ2n) is 2.58. The average molecular weight is 130 g/mol. The van der Waals surface area contributed by atoms with Crippen LogP contribution in [0.3, 0.4) is 0 Å². The molecule has 4 heteroatoms. The number of hydrogen-bond donors (Lipinski definition) is 2. The van der Waals surface area contributed by atoms with Gasteiger partial charge in [-0.15, -0.1) is 0 Å². The zero-order chi connectivity index (χ0) is 6.85. The van der Waals surface area contributed by atoms with Crippen molar-refractivity contribution < 1.29 is 0 Å². The molecule has 1 aliphatic heterocycles. The first-order valence-corrected chi connectivity index (χ1v) is 3.21.